The maximum absolute atomic E-state index is 13.9. The van der Waals surface area contributed by atoms with Crippen LogP contribution in [0.25, 0.3) is 5.69 Å². The van der Waals surface area contributed by atoms with Gasteiger partial charge in [-0.25, -0.2) is 9.07 Å². The third kappa shape index (κ3) is 3.06. The number of amides is 1. The first-order valence-corrected chi connectivity index (χ1v) is 7.80. The van der Waals surface area contributed by atoms with Gasteiger partial charge in [-0.1, -0.05) is 31.2 Å². The summed E-state index contributed by atoms with van der Waals surface area (Å²) >= 11 is 0. The van der Waals surface area contributed by atoms with E-state index in [0.29, 0.717) is 16.9 Å². The van der Waals surface area contributed by atoms with Gasteiger partial charge in [-0.15, -0.1) is 0 Å². The van der Waals surface area contributed by atoms with Gasteiger partial charge in [0.1, 0.15) is 11.5 Å². The highest BCUT2D eigenvalue weighted by atomic mass is 19.1. The normalized spacial score (nSPS) is 10.6. The predicted octanol–water partition coefficient (Wildman–Crippen LogP) is 4.13. The van der Waals surface area contributed by atoms with Crippen LogP contribution in [0.15, 0.2) is 54.7 Å². The van der Waals surface area contributed by atoms with E-state index < -0.39 is 0 Å². The number of nitrogens with one attached hydrogen (secondary N) is 1. The molecule has 4 nitrogen and oxygen atoms in total. The van der Waals surface area contributed by atoms with Crippen LogP contribution in [0.4, 0.5) is 10.1 Å². The Labute approximate surface area is 139 Å². The van der Waals surface area contributed by atoms with Gasteiger partial charge in [0.2, 0.25) is 0 Å². The van der Waals surface area contributed by atoms with Gasteiger partial charge in [0.25, 0.3) is 5.91 Å². The summed E-state index contributed by atoms with van der Waals surface area (Å²) in [6.45, 7) is 3.82. The van der Waals surface area contributed by atoms with Crippen LogP contribution in [0, 0.1) is 12.7 Å². The van der Waals surface area contributed by atoms with Gasteiger partial charge in [0.15, 0.2) is 0 Å². The molecule has 3 aromatic rings. The van der Waals surface area contributed by atoms with E-state index in [1.807, 2.05) is 24.3 Å². The summed E-state index contributed by atoms with van der Waals surface area (Å²) in [5.74, 6) is -0.648. The monoisotopic (exact) mass is 323 g/mol. The fourth-order valence-electron chi connectivity index (χ4n) is 2.52. The number of benzene rings is 2. The zero-order valence-corrected chi connectivity index (χ0v) is 13.6. The highest BCUT2D eigenvalue weighted by Gasteiger charge is 2.16. The number of hydrogen-bond acceptors (Lipinski definition) is 2. The van der Waals surface area contributed by atoms with E-state index in [2.05, 4.69) is 17.3 Å². The van der Waals surface area contributed by atoms with Crippen LogP contribution in [0.5, 0.6) is 0 Å². The fraction of sp³-hybridized carbons (Fsp3) is 0.158. The summed E-state index contributed by atoms with van der Waals surface area (Å²) < 4.78 is 15.4. The van der Waals surface area contributed by atoms with Crippen molar-refractivity contribution >= 4 is 11.6 Å². The van der Waals surface area contributed by atoms with E-state index in [1.165, 1.54) is 22.5 Å². The Bertz CT molecular complexity index is 869. The average molecular weight is 323 g/mol. The topological polar surface area (TPSA) is 46.9 Å². The Kier molecular flexibility index (Phi) is 4.42. The summed E-state index contributed by atoms with van der Waals surface area (Å²) in [6, 6.07) is 14.0. The molecule has 0 spiro atoms. The second kappa shape index (κ2) is 6.66. The molecule has 24 heavy (non-hydrogen) atoms. The lowest BCUT2D eigenvalue weighted by Crippen LogP contribution is -2.13. The Morgan fingerprint density at radius 3 is 2.54 bits per heavy atom. The van der Waals surface area contributed by atoms with Gasteiger partial charge < -0.3 is 5.32 Å². The molecule has 0 unspecified atom stereocenters. The van der Waals surface area contributed by atoms with Gasteiger partial charge in [0.05, 0.1) is 17.5 Å². The molecule has 0 saturated carbocycles. The second-order valence-corrected chi connectivity index (χ2v) is 5.51. The third-order valence-corrected chi connectivity index (χ3v) is 3.96. The molecule has 3 rings (SSSR count). The van der Waals surface area contributed by atoms with Crippen LogP contribution in [0.3, 0.4) is 0 Å². The Hall–Kier alpha value is -2.95. The number of aryl methyl sites for hydroxylation is 1. The number of halogens is 1. The van der Waals surface area contributed by atoms with Gasteiger partial charge in [0, 0.05) is 5.69 Å². The highest BCUT2D eigenvalue weighted by molar-refractivity contribution is 6.04. The van der Waals surface area contributed by atoms with Crippen molar-refractivity contribution in [3.8, 4) is 5.69 Å². The van der Waals surface area contributed by atoms with Gasteiger partial charge in [-0.3, -0.25) is 4.79 Å². The quantitative estimate of drug-likeness (QED) is 0.784. The maximum Gasteiger partial charge on any atom is 0.259 e. The zero-order valence-electron chi connectivity index (χ0n) is 13.6. The molecule has 122 valence electrons. The molecule has 1 heterocycles. The van der Waals surface area contributed by atoms with Crippen LogP contribution in [0.2, 0.25) is 0 Å². The van der Waals surface area contributed by atoms with Gasteiger partial charge >= 0.3 is 0 Å². The molecule has 0 bridgehead atoms. The molecule has 2 aromatic carbocycles. The minimum atomic E-state index is -0.384. The summed E-state index contributed by atoms with van der Waals surface area (Å²) in [5.41, 5.74) is 3.24. The van der Waals surface area contributed by atoms with E-state index in [1.54, 1.807) is 25.1 Å². The van der Waals surface area contributed by atoms with Crippen molar-refractivity contribution in [2.75, 3.05) is 5.32 Å². The lowest BCUT2D eigenvalue weighted by atomic mass is 10.1. The maximum atomic E-state index is 13.9. The number of rotatable bonds is 4. The number of para-hydroxylation sites is 1. The van der Waals surface area contributed by atoms with Gasteiger partial charge in [-0.2, -0.15) is 5.10 Å². The molecule has 0 atom stereocenters. The van der Waals surface area contributed by atoms with E-state index in [9.17, 15) is 9.18 Å². The lowest BCUT2D eigenvalue weighted by molar-refractivity contribution is 0.102. The van der Waals surface area contributed by atoms with Crippen LogP contribution >= 0.6 is 0 Å². The molecule has 0 aliphatic rings. The Balaban J connectivity index is 1.85. The lowest BCUT2D eigenvalue weighted by Gasteiger charge is -2.08. The highest BCUT2D eigenvalue weighted by Crippen LogP contribution is 2.18. The van der Waals surface area contributed by atoms with E-state index >= 15 is 0 Å². The number of aromatic nitrogens is 2. The van der Waals surface area contributed by atoms with E-state index in [4.69, 9.17) is 0 Å². The molecular weight excluding hydrogens is 305 g/mol. The molecule has 1 aromatic heterocycles. The van der Waals surface area contributed by atoms with Crippen LogP contribution in [-0.4, -0.2) is 15.7 Å². The first-order chi connectivity index (χ1) is 11.6. The molecular formula is C19H18FN3O. The summed E-state index contributed by atoms with van der Waals surface area (Å²) in [7, 11) is 0. The number of hydrogen-bond donors (Lipinski definition) is 1. The standard InChI is InChI=1S/C19H18FN3O/c1-3-14-8-10-15(11-9-14)22-19(24)16-12-21-23(13(16)2)18-7-5-4-6-17(18)20/h4-12H,3H2,1-2H3,(H,22,24). The first-order valence-electron chi connectivity index (χ1n) is 7.80. The fourth-order valence-corrected chi connectivity index (χ4v) is 2.52. The predicted molar refractivity (Wildman–Crippen MR) is 92.0 cm³/mol. The van der Waals surface area contributed by atoms with Crippen molar-refractivity contribution in [1.29, 1.82) is 0 Å². The Morgan fingerprint density at radius 1 is 1.17 bits per heavy atom. The van der Waals surface area contributed by atoms with Crippen molar-refractivity contribution in [3.05, 3.63) is 77.4 Å². The molecule has 0 saturated heterocycles. The Morgan fingerprint density at radius 2 is 1.88 bits per heavy atom. The van der Waals surface area contributed by atoms with Crippen molar-refractivity contribution in [1.82, 2.24) is 9.78 Å². The number of carbonyl (C=O) groups is 1. The molecule has 5 heteroatoms. The molecule has 1 N–H and O–H groups in total. The van der Waals surface area contributed by atoms with Crippen molar-refractivity contribution in [2.45, 2.75) is 20.3 Å². The van der Waals surface area contributed by atoms with E-state index in [0.717, 1.165) is 12.1 Å². The van der Waals surface area contributed by atoms with Crippen molar-refractivity contribution in [3.63, 3.8) is 0 Å². The molecule has 0 aliphatic heterocycles. The van der Waals surface area contributed by atoms with Crippen molar-refractivity contribution in [2.24, 2.45) is 0 Å². The largest absolute Gasteiger partial charge is 0.322 e. The number of nitrogens with zero attached hydrogens (tertiary/aromatic N) is 2. The van der Waals surface area contributed by atoms with E-state index in [-0.39, 0.29) is 11.7 Å². The SMILES string of the molecule is CCc1ccc(NC(=O)c2cnn(-c3ccccc3F)c2C)cc1. The molecule has 1 amide bonds. The first kappa shape index (κ1) is 15.9. The smallest absolute Gasteiger partial charge is 0.259 e. The number of carbonyl (C=O) groups excluding carboxylic acids is 1. The summed E-state index contributed by atoms with van der Waals surface area (Å²) in [5, 5.41) is 7.00. The van der Waals surface area contributed by atoms with Crippen molar-refractivity contribution < 1.29 is 9.18 Å². The average Bonchev–Trinajstić information content (AvgIpc) is 2.97. The molecule has 0 aliphatic carbocycles. The minimum absolute atomic E-state index is 0.265. The minimum Gasteiger partial charge on any atom is -0.322 e. The molecule has 0 fully saturated rings. The van der Waals surface area contributed by atoms with Gasteiger partial charge in [-0.05, 0) is 43.2 Å². The third-order valence-electron chi connectivity index (χ3n) is 3.96. The summed E-state index contributed by atoms with van der Waals surface area (Å²) in [4.78, 5) is 12.5. The molecule has 0 radical (unpaired) electrons. The number of anilines is 1. The van der Waals surface area contributed by atoms with Crippen LogP contribution in [-0.2, 0) is 6.42 Å². The summed E-state index contributed by atoms with van der Waals surface area (Å²) in [6.07, 6.45) is 2.40. The second-order valence-electron chi connectivity index (χ2n) is 5.51. The zero-order chi connectivity index (χ0) is 17.1. The van der Waals surface area contributed by atoms with Crippen LogP contribution in [0.1, 0.15) is 28.5 Å². The van der Waals surface area contributed by atoms with Crippen LogP contribution < -0.4 is 5.32 Å².